The summed E-state index contributed by atoms with van der Waals surface area (Å²) in [5.41, 5.74) is 1.02. The van der Waals surface area contributed by atoms with Crippen molar-refractivity contribution in [3.63, 3.8) is 0 Å². The number of carboxylic acids is 1. The van der Waals surface area contributed by atoms with E-state index < -0.39 is 23.6 Å². The third-order valence-corrected chi connectivity index (χ3v) is 4.87. The predicted octanol–water partition coefficient (Wildman–Crippen LogP) is 0.839. The molecule has 2 aromatic rings. The molecule has 0 bridgehead atoms. The van der Waals surface area contributed by atoms with Crippen molar-refractivity contribution in [2.24, 2.45) is 0 Å². The van der Waals surface area contributed by atoms with Crippen LogP contribution >= 0.6 is 11.8 Å². The number of aliphatic carboxylic acids is 1. The van der Waals surface area contributed by atoms with E-state index in [0.717, 1.165) is 17.8 Å². The molecule has 0 atom stereocenters. The molecule has 1 N–H and O–H groups in total. The van der Waals surface area contributed by atoms with Crippen molar-refractivity contribution >= 4 is 35.2 Å². The minimum Gasteiger partial charge on any atom is -0.550 e. The molecule has 150 valence electrons. The SMILES string of the molecule is Cc1cc(C)nc(SC2=C(NCCC(=O)[O-])C(=O)N(c3ccccc3F)C2=O)n1. The van der Waals surface area contributed by atoms with E-state index >= 15 is 0 Å². The molecule has 2 heterocycles. The fraction of sp³-hybridized carbons (Fsp3) is 0.211. The van der Waals surface area contributed by atoms with Gasteiger partial charge in [-0.15, -0.1) is 0 Å². The molecule has 0 spiro atoms. The number of hydrogen-bond acceptors (Lipinski definition) is 8. The Morgan fingerprint density at radius 3 is 2.45 bits per heavy atom. The average molecular weight is 415 g/mol. The zero-order valence-corrected chi connectivity index (χ0v) is 16.4. The van der Waals surface area contributed by atoms with Crippen LogP contribution in [-0.4, -0.2) is 34.3 Å². The molecule has 1 aromatic heterocycles. The molecule has 8 nitrogen and oxygen atoms in total. The lowest BCUT2D eigenvalue weighted by Gasteiger charge is -2.15. The quantitative estimate of drug-likeness (QED) is 0.523. The van der Waals surface area contributed by atoms with Gasteiger partial charge in [0.15, 0.2) is 5.16 Å². The number of thioether (sulfide) groups is 1. The summed E-state index contributed by atoms with van der Waals surface area (Å²) in [5, 5.41) is 13.6. The van der Waals surface area contributed by atoms with Crippen molar-refractivity contribution in [1.29, 1.82) is 0 Å². The molecular weight excluding hydrogens is 399 g/mol. The van der Waals surface area contributed by atoms with Gasteiger partial charge in [0.25, 0.3) is 11.8 Å². The summed E-state index contributed by atoms with van der Waals surface area (Å²) in [6, 6.07) is 7.14. The van der Waals surface area contributed by atoms with Crippen molar-refractivity contribution in [3.8, 4) is 0 Å². The van der Waals surface area contributed by atoms with Gasteiger partial charge in [0.05, 0.1) is 5.69 Å². The number of nitrogens with one attached hydrogen (secondary N) is 1. The second-order valence-electron chi connectivity index (χ2n) is 6.19. The minimum atomic E-state index is -1.31. The number of amides is 2. The number of halogens is 1. The number of carboxylic acid groups (broad SMARTS) is 1. The molecule has 0 saturated carbocycles. The van der Waals surface area contributed by atoms with Crippen LogP contribution in [0.25, 0.3) is 0 Å². The molecule has 1 aliphatic heterocycles. The lowest BCUT2D eigenvalue weighted by Crippen LogP contribution is -2.35. The van der Waals surface area contributed by atoms with Crippen LogP contribution in [0.2, 0.25) is 0 Å². The van der Waals surface area contributed by atoms with Gasteiger partial charge < -0.3 is 15.2 Å². The van der Waals surface area contributed by atoms with Crippen LogP contribution in [-0.2, 0) is 14.4 Å². The molecule has 3 rings (SSSR count). The van der Waals surface area contributed by atoms with E-state index in [1.165, 1.54) is 18.2 Å². The first-order valence-corrected chi connectivity index (χ1v) is 9.41. The summed E-state index contributed by atoms with van der Waals surface area (Å²) < 4.78 is 14.2. The van der Waals surface area contributed by atoms with Gasteiger partial charge in [0, 0.05) is 30.3 Å². The van der Waals surface area contributed by atoms with Crippen LogP contribution in [0.1, 0.15) is 17.8 Å². The molecule has 2 amide bonds. The van der Waals surface area contributed by atoms with Crippen molar-refractivity contribution in [2.75, 3.05) is 11.4 Å². The first-order valence-electron chi connectivity index (χ1n) is 8.59. The number of carbonyl (C=O) groups excluding carboxylic acids is 3. The largest absolute Gasteiger partial charge is 0.550 e. The number of para-hydroxylation sites is 1. The first-order chi connectivity index (χ1) is 13.8. The van der Waals surface area contributed by atoms with Crippen LogP contribution in [0.5, 0.6) is 0 Å². The molecule has 1 aliphatic rings. The molecule has 29 heavy (non-hydrogen) atoms. The van der Waals surface area contributed by atoms with Crippen LogP contribution in [0.4, 0.5) is 10.1 Å². The molecule has 10 heteroatoms. The average Bonchev–Trinajstić information content (AvgIpc) is 2.85. The molecule has 0 aliphatic carbocycles. The number of benzene rings is 1. The summed E-state index contributed by atoms with van der Waals surface area (Å²) in [6.45, 7) is 3.39. The highest BCUT2D eigenvalue weighted by molar-refractivity contribution is 8.04. The second kappa shape index (κ2) is 8.39. The van der Waals surface area contributed by atoms with Crippen molar-refractivity contribution in [1.82, 2.24) is 15.3 Å². The molecule has 0 fully saturated rings. The zero-order valence-electron chi connectivity index (χ0n) is 15.6. The van der Waals surface area contributed by atoms with Gasteiger partial charge in [-0.3, -0.25) is 9.59 Å². The van der Waals surface area contributed by atoms with Crippen LogP contribution in [0.15, 0.2) is 46.1 Å². The van der Waals surface area contributed by atoms with Crippen LogP contribution in [0, 0.1) is 19.7 Å². The first kappa shape index (κ1) is 20.5. The van der Waals surface area contributed by atoms with E-state index in [2.05, 4.69) is 15.3 Å². The second-order valence-corrected chi connectivity index (χ2v) is 7.16. The normalized spacial score (nSPS) is 14.0. The summed E-state index contributed by atoms with van der Waals surface area (Å²) in [7, 11) is 0. The highest BCUT2D eigenvalue weighted by Gasteiger charge is 2.41. The molecule has 1 aromatic carbocycles. The maximum Gasteiger partial charge on any atom is 0.282 e. The van der Waals surface area contributed by atoms with E-state index in [0.29, 0.717) is 16.3 Å². The van der Waals surface area contributed by atoms with Gasteiger partial charge in [0.2, 0.25) is 0 Å². The number of hydrogen-bond donors (Lipinski definition) is 1. The monoisotopic (exact) mass is 415 g/mol. The summed E-state index contributed by atoms with van der Waals surface area (Å²) in [5.74, 6) is -3.58. The number of aryl methyl sites for hydroxylation is 2. The van der Waals surface area contributed by atoms with Crippen LogP contribution < -0.4 is 15.3 Å². The van der Waals surface area contributed by atoms with Crippen LogP contribution in [0.3, 0.4) is 0 Å². The van der Waals surface area contributed by atoms with E-state index in [1.54, 1.807) is 19.9 Å². The minimum absolute atomic E-state index is 0.0402. The standard InChI is InChI=1S/C19H17FN4O4S/c1-10-9-11(2)23-19(22-10)29-16-15(21-8-7-14(25)26)17(27)24(18(16)28)13-6-4-3-5-12(13)20/h3-6,9,21H,7-8H2,1-2H3,(H,25,26)/p-1. The van der Waals surface area contributed by atoms with Gasteiger partial charge in [-0.05, 0) is 43.8 Å². The highest BCUT2D eigenvalue weighted by Crippen LogP contribution is 2.36. The van der Waals surface area contributed by atoms with E-state index in [4.69, 9.17) is 0 Å². The van der Waals surface area contributed by atoms with Gasteiger partial charge >= 0.3 is 0 Å². The Balaban J connectivity index is 1.99. The number of carbonyl (C=O) groups is 3. The fourth-order valence-corrected chi connectivity index (χ4v) is 3.73. The molecule has 0 unspecified atom stereocenters. The highest BCUT2D eigenvalue weighted by atomic mass is 32.2. The van der Waals surface area contributed by atoms with Gasteiger partial charge in [-0.2, -0.15) is 0 Å². The Bertz CT molecular complexity index is 1020. The fourth-order valence-electron chi connectivity index (χ4n) is 2.73. The topological polar surface area (TPSA) is 115 Å². The number of nitrogens with zero attached hydrogens (tertiary/aromatic N) is 3. The zero-order chi connectivity index (χ0) is 21.1. The lowest BCUT2D eigenvalue weighted by molar-refractivity contribution is -0.305. The Labute approximate surface area is 169 Å². The van der Waals surface area contributed by atoms with Gasteiger partial charge in [-0.25, -0.2) is 19.3 Å². The van der Waals surface area contributed by atoms with E-state index in [1.807, 2.05) is 0 Å². The Morgan fingerprint density at radius 2 is 1.83 bits per heavy atom. The predicted molar refractivity (Wildman–Crippen MR) is 101 cm³/mol. The van der Waals surface area contributed by atoms with E-state index in [-0.39, 0.29) is 34.4 Å². The Hall–Kier alpha value is -3.27. The smallest absolute Gasteiger partial charge is 0.282 e. The maximum absolute atomic E-state index is 14.2. The number of rotatable bonds is 7. The summed E-state index contributed by atoms with van der Waals surface area (Å²) in [6.07, 6.45) is -0.372. The number of aromatic nitrogens is 2. The van der Waals surface area contributed by atoms with E-state index in [9.17, 15) is 23.9 Å². The summed E-state index contributed by atoms with van der Waals surface area (Å²) >= 11 is 0.860. The lowest BCUT2D eigenvalue weighted by atomic mass is 10.3. The third kappa shape index (κ3) is 4.43. The third-order valence-electron chi connectivity index (χ3n) is 3.92. The number of anilines is 1. The van der Waals surface area contributed by atoms with Gasteiger partial charge in [0.1, 0.15) is 16.4 Å². The molecule has 0 saturated heterocycles. The molecule has 0 radical (unpaired) electrons. The van der Waals surface area contributed by atoms with Gasteiger partial charge in [-0.1, -0.05) is 12.1 Å². The maximum atomic E-state index is 14.2. The Morgan fingerprint density at radius 1 is 1.17 bits per heavy atom. The summed E-state index contributed by atoms with van der Waals surface area (Å²) in [4.78, 5) is 45.7. The van der Waals surface area contributed by atoms with Crippen molar-refractivity contribution in [3.05, 3.63) is 58.1 Å². The molecular formula is C19H16FN4O4S-. The number of imide groups is 1. The Kier molecular flexibility index (Phi) is 5.92. The van der Waals surface area contributed by atoms with Crippen molar-refractivity contribution < 1.29 is 23.9 Å². The van der Waals surface area contributed by atoms with Crippen molar-refractivity contribution in [2.45, 2.75) is 25.4 Å².